The lowest BCUT2D eigenvalue weighted by Gasteiger charge is -2.06. The maximum atomic E-state index is 13.5. The van der Waals surface area contributed by atoms with Gasteiger partial charge in [-0.2, -0.15) is 0 Å². The molecule has 5 nitrogen and oxygen atoms in total. The topological polar surface area (TPSA) is 63.8 Å². The zero-order valence-corrected chi connectivity index (χ0v) is 20.1. The number of hydrogen-bond acceptors (Lipinski definition) is 4. The summed E-state index contributed by atoms with van der Waals surface area (Å²) in [6.07, 6.45) is 0. The average molecular weight is 491 g/mol. The van der Waals surface area contributed by atoms with Crippen molar-refractivity contribution < 1.29 is 18.3 Å². The van der Waals surface area contributed by atoms with E-state index in [0.717, 1.165) is 22.3 Å². The molecule has 0 aliphatic carbocycles. The standard InChI is InChI=1S/C31H23FN2O3/c1-33-30(35)28-25-17-22(12-15-27(25)37-29(28)20-10-13-24(32)14-11-20)21-8-5-9-23(16-21)31-34-26(18-36-31)19-6-3-2-4-7-19/h2-17,26H,18H2,1H3,(H,33,35)/t26-/m0/s1. The summed E-state index contributed by atoms with van der Waals surface area (Å²) >= 11 is 0. The van der Waals surface area contributed by atoms with E-state index in [1.54, 1.807) is 19.2 Å². The van der Waals surface area contributed by atoms with Gasteiger partial charge >= 0.3 is 0 Å². The van der Waals surface area contributed by atoms with Gasteiger partial charge < -0.3 is 14.5 Å². The lowest BCUT2D eigenvalue weighted by molar-refractivity contribution is 0.0964. The van der Waals surface area contributed by atoms with Crippen molar-refractivity contribution in [3.63, 3.8) is 0 Å². The molecule has 1 aliphatic heterocycles. The van der Waals surface area contributed by atoms with Crippen LogP contribution in [0.2, 0.25) is 0 Å². The third kappa shape index (κ3) is 4.27. The maximum absolute atomic E-state index is 13.5. The number of nitrogens with zero attached hydrogens (tertiary/aromatic N) is 1. The van der Waals surface area contributed by atoms with Crippen LogP contribution in [0.3, 0.4) is 0 Å². The van der Waals surface area contributed by atoms with Gasteiger partial charge in [-0.1, -0.05) is 48.5 Å². The first-order valence-corrected chi connectivity index (χ1v) is 12.0. The largest absolute Gasteiger partial charge is 0.475 e. The van der Waals surface area contributed by atoms with Gasteiger partial charge in [0.15, 0.2) is 0 Å². The Bertz CT molecular complexity index is 1640. The van der Waals surface area contributed by atoms with Crippen molar-refractivity contribution in [2.45, 2.75) is 6.04 Å². The molecular formula is C31H23FN2O3. The number of furan rings is 1. The number of amides is 1. The summed E-state index contributed by atoms with van der Waals surface area (Å²) in [5.41, 5.74) is 5.51. The molecule has 1 N–H and O–H groups in total. The molecule has 6 rings (SSSR count). The molecule has 5 aromatic rings. The number of ether oxygens (including phenoxy) is 1. The lowest BCUT2D eigenvalue weighted by atomic mass is 9.99. The maximum Gasteiger partial charge on any atom is 0.255 e. The highest BCUT2D eigenvalue weighted by molar-refractivity contribution is 6.11. The Morgan fingerprint density at radius 1 is 0.865 bits per heavy atom. The first-order valence-electron chi connectivity index (χ1n) is 12.0. The normalized spacial score (nSPS) is 14.9. The van der Waals surface area contributed by atoms with Crippen molar-refractivity contribution in [2.75, 3.05) is 13.7 Å². The van der Waals surface area contributed by atoms with Crippen LogP contribution in [-0.4, -0.2) is 25.5 Å². The van der Waals surface area contributed by atoms with Crippen LogP contribution in [0.1, 0.15) is 27.5 Å². The number of benzene rings is 4. The second-order valence-corrected chi connectivity index (χ2v) is 8.86. The number of nitrogens with one attached hydrogen (secondary N) is 1. The number of carbonyl (C=O) groups is 1. The fraction of sp³-hybridized carbons (Fsp3) is 0.0968. The molecule has 0 spiro atoms. The van der Waals surface area contributed by atoms with Gasteiger partial charge in [0.2, 0.25) is 5.90 Å². The second kappa shape index (κ2) is 9.39. The smallest absolute Gasteiger partial charge is 0.255 e. The third-order valence-corrected chi connectivity index (χ3v) is 6.53. The third-order valence-electron chi connectivity index (χ3n) is 6.53. The molecule has 0 bridgehead atoms. The number of hydrogen-bond donors (Lipinski definition) is 1. The van der Waals surface area contributed by atoms with E-state index < -0.39 is 0 Å². The van der Waals surface area contributed by atoms with Crippen molar-refractivity contribution in [3.8, 4) is 22.5 Å². The molecule has 1 amide bonds. The van der Waals surface area contributed by atoms with Gasteiger partial charge in [0.05, 0.1) is 5.56 Å². The van der Waals surface area contributed by atoms with E-state index in [1.165, 1.54) is 12.1 Å². The number of halogens is 1. The zero-order chi connectivity index (χ0) is 25.4. The van der Waals surface area contributed by atoms with E-state index in [1.807, 2.05) is 60.7 Å². The summed E-state index contributed by atoms with van der Waals surface area (Å²) in [7, 11) is 1.58. The minimum absolute atomic E-state index is 0.0258. The Labute approximate surface area is 213 Å². The van der Waals surface area contributed by atoms with Gasteiger partial charge in [0.1, 0.15) is 29.8 Å². The fourth-order valence-electron chi connectivity index (χ4n) is 4.64. The average Bonchev–Trinajstić information content (AvgIpc) is 3.59. The van der Waals surface area contributed by atoms with Crippen LogP contribution >= 0.6 is 0 Å². The molecule has 0 saturated heterocycles. The first-order chi connectivity index (χ1) is 18.1. The first kappa shape index (κ1) is 22.7. The minimum atomic E-state index is -0.352. The predicted octanol–water partition coefficient (Wildman–Crippen LogP) is 6.78. The van der Waals surface area contributed by atoms with Crippen molar-refractivity contribution in [3.05, 3.63) is 120 Å². The molecule has 0 radical (unpaired) electrons. The van der Waals surface area contributed by atoms with Crippen LogP contribution in [0, 0.1) is 5.82 Å². The quantitative estimate of drug-likeness (QED) is 0.295. The van der Waals surface area contributed by atoms with Crippen molar-refractivity contribution in [1.29, 1.82) is 0 Å². The highest BCUT2D eigenvalue weighted by Crippen LogP contribution is 2.36. The Balaban J connectivity index is 1.39. The summed E-state index contributed by atoms with van der Waals surface area (Å²) in [5.74, 6) is 0.393. The molecule has 2 heterocycles. The van der Waals surface area contributed by atoms with E-state index in [9.17, 15) is 9.18 Å². The Morgan fingerprint density at radius 3 is 2.38 bits per heavy atom. The van der Waals surface area contributed by atoms with E-state index in [2.05, 4.69) is 17.4 Å². The van der Waals surface area contributed by atoms with Crippen LogP contribution in [0.25, 0.3) is 33.4 Å². The molecular weight excluding hydrogens is 467 g/mol. The second-order valence-electron chi connectivity index (χ2n) is 8.86. The van der Waals surface area contributed by atoms with Crippen molar-refractivity contribution >= 4 is 22.8 Å². The van der Waals surface area contributed by atoms with E-state index >= 15 is 0 Å². The highest BCUT2D eigenvalue weighted by Gasteiger charge is 2.23. The SMILES string of the molecule is CNC(=O)c1c(-c2ccc(F)cc2)oc2ccc(-c3cccc(C4=N[C@H](c5ccccc5)CO4)c3)cc12. The van der Waals surface area contributed by atoms with Crippen LogP contribution < -0.4 is 5.32 Å². The van der Waals surface area contributed by atoms with Crippen molar-refractivity contribution in [2.24, 2.45) is 4.99 Å². The van der Waals surface area contributed by atoms with E-state index in [4.69, 9.17) is 14.1 Å². The summed E-state index contributed by atoms with van der Waals surface area (Å²) in [6, 6.07) is 29.7. The van der Waals surface area contributed by atoms with Gasteiger partial charge in [-0.25, -0.2) is 9.38 Å². The minimum Gasteiger partial charge on any atom is -0.475 e. The summed E-state index contributed by atoms with van der Waals surface area (Å²) in [5, 5.41) is 3.38. The molecule has 1 aromatic heterocycles. The number of fused-ring (bicyclic) bond motifs is 1. The zero-order valence-electron chi connectivity index (χ0n) is 20.1. The number of aliphatic imine (C=N–C) groups is 1. The molecule has 6 heteroatoms. The van der Waals surface area contributed by atoms with Gasteiger partial charge in [-0.05, 0) is 65.2 Å². The van der Waals surface area contributed by atoms with Crippen molar-refractivity contribution in [1.82, 2.24) is 5.32 Å². The van der Waals surface area contributed by atoms with Gasteiger partial charge in [0.25, 0.3) is 5.91 Å². The van der Waals surface area contributed by atoms with Gasteiger partial charge in [-0.15, -0.1) is 0 Å². The monoisotopic (exact) mass is 490 g/mol. The highest BCUT2D eigenvalue weighted by atomic mass is 19.1. The molecule has 0 fully saturated rings. The predicted molar refractivity (Wildman–Crippen MR) is 142 cm³/mol. The van der Waals surface area contributed by atoms with Gasteiger partial charge in [0, 0.05) is 23.6 Å². The molecule has 0 unspecified atom stereocenters. The Kier molecular flexibility index (Phi) is 5.77. The van der Waals surface area contributed by atoms with Crippen LogP contribution in [0.4, 0.5) is 4.39 Å². The molecule has 0 saturated carbocycles. The van der Waals surface area contributed by atoms with E-state index in [-0.39, 0.29) is 17.8 Å². The Hall–Kier alpha value is -4.71. The molecule has 37 heavy (non-hydrogen) atoms. The number of rotatable bonds is 5. The summed E-state index contributed by atoms with van der Waals surface area (Å²) in [4.78, 5) is 17.7. The fourth-order valence-corrected chi connectivity index (χ4v) is 4.64. The van der Waals surface area contributed by atoms with Crippen LogP contribution in [-0.2, 0) is 4.74 Å². The summed E-state index contributed by atoms with van der Waals surface area (Å²) < 4.78 is 25.5. The molecule has 1 atom stereocenters. The van der Waals surface area contributed by atoms with Gasteiger partial charge in [-0.3, -0.25) is 4.79 Å². The van der Waals surface area contributed by atoms with E-state index in [0.29, 0.717) is 40.4 Å². The summed E-state index contributed by atoms with van der Waals surface area (Å²) in [6.45, 7) is 0.506. The molecule has 182 valence electrons. The number of carbonyl (C=O) groups excluding carboxylic acids is 1. The molecule has 1 aliphatic rings. The Morgan fingerprint density at radius 2 is 1.59 bits per heavy atom. The van der Waals surface area contributed by atoms with Crippen LogP contribution in [0.15, 0.2) is 106 Å². The van der Waals surface area contributed by atoms with Crippen LogP contribution in [0.5, 0.6) is 0 Å². The lowest BCUT2D eigenvalue weighted by Crippen LogP contribution is -2.18. The molecule has 4 aromatic carbocycles.